The minimum absolute atomic E-state index is 0.190. The SMILES string of the molecule is O=C1[C@H]2CC=CC[C@H]2C(=O)N1c1ccc(NCc2ccc(Cl)cc2)c([N+](=O)[O-])c1. The van der Waals surface area contributed by atoms with Gasteiger partial charge < -0.3 is 5.32 Å². The number of nitrogens with zero attached hydrogens (tertiary/aromatic N) is 2. The first-order chi connectivity index (χ1) is 14.0. The van der Waals surface area contributed by atoms with Gasteiger partial charge >= 0.3 is 0 Å². The maximum atomic E-state index is 12.7. The quantitative estimate of drug-likeness (QED) is 0.342. The lowest BCUT2D eigenvalue weighted by atomic mass is 9.85. The van der Waals surface area contributed by atoms with E-state index in [1.165, 1.54) is 12.1 Å². The fourth-order valence-corrected chi connectivity index (χ4v) is 3.94. The van der Waals surface area contributed by atoms with Gasteiger partial charge in [0.25, 0.3) is 5.69 Å². The molecule has 29 heavy (non-hydrogen) atoms. The Morgan fingerprint density at radius 3 is 2.24 bits per heavy atom. The highest BCUT2D eigenvalue weighted by atomic mass is 35.5. The zero-order chi connectivity index (χ0) is 20.5. The molecule has 0 aromatic heterocycles. The standard InChI is InChI=1S/C21H18ClN3O4/c22-14-7-5-13(6-8-14)12-23-18-10-9-15(11-19(18)25(28)29)24-20(26)16-3-1-2-4-17(16)21(24)27/h1-2,5-11,16-17,23H,3-4,12H2/t16-,17+. The number of nitrogens with one attached hydrogen (secondary N) is 1. The van der Waals surface area contributed by atoms with Crippen molar-refractivity contribution in [3.05, 3.63) is 75.3 Å². The van der Waals surface area contributed by atoms with Crippen molar-refractivity contribution in [3.63, 3.8) is 0 Å². The van der Waals surface area contributed by atoms with E-state index in [4.69, 9.17) is 11.6 Å². The van der Waals surface area contributed by atoms with E-state index in [9.17, 15) is 19.7 Å². The summed E-state index contributed by atoms with van der Waals surface area (Å²) < 4.78 is 0. The summed E-state index contributed by atoms with van der Waals surface area (Å²) in [6.07, 6.45) is 4.85. The lowest BCUT2D eigenvalue weighted by Crippen LogP contribution is -2.30. The molecule has 148 valence electrons. The number of carbonyl (C=O) groups is 2. The molecule has 0 spiro atoms. The lowest BCUT2D eigenvalue weighted by Gasteiger charge is -2.16. The van der Waals surface area contributed by atoms with Crippen LogP contribution in [0.2, 0.25) is 5.02 Å². The van der Waals surface area contributed by atoms with Gasteiger partial charge in [-0.3, -0.25) is 19.7 Å². The smallest absolute Gasteiger partial charge is 0.294 e. The summed E-state index contributed by atoms with van der Waals surface area (Å²) >= 11 is 5.87. The molecule has 2 atom stereocenters. The molecule has 1 heterocycles. The first kappa shape index (κ1) is 19.1. The Bertz CT molecular complexity index is 993. The minimum atomic E-state index is -0.521. The second-order valence-corrected chi connectivity index (χ2v) is 7.54. The number of anilines is 2. The van der Waals surface area contributed by atoms with Crippen LogP contribution >= 0.6 is 11.6 Å². The Kier molecular flexibility index (Phi) is 5.07. The Balaban J connectivity index is 1.59. The Morgan fingerprint density at radius 1 is 1.03 bits per heavy atom. The van der Waals surface area contributed by atoms with E-state index in [-0.39, 0.29) is 35.0 Å². The van der Waals surface area contributed by atoms with E-state index in [2.05, 4.69) is 5.32 Å². The molecule has 4 rings (SSSR count). The number of benzene rings is 2. The number of allylic oxidation sites excluding steroid dienone is 2. The molecule has 0 bridgehead atoms. The fourth-order valence-electron chi connectivity index (χ4n) is 3.81. The third-order valence-electron chi connectivity index (χ3n) is 5.34. The van der Waals surface area contributed by atoms with Gasteiger partial charge in [-0.2, -0.15) is 0 Å². The Labute approximate surface area is 172 Å². The normalized spacial score (nSPS) is 20.7. The Hall–Kier alpha value is -3.19. The van der Waals surface area contributed by atoms with Crippen LogP contribution in [0.25, 0.3) is 0 Å². The summed E-state index contributed by atoms with van der Waals surface area (Å²) in [7, 11) is 0. The summed E-state index contributed by atoms with van der Waals surface area (Å²) in [6, 6.07) is 11.5. The van der Waals surface area contributed by atoms with Crippen molar-refractivity contribution in [2.75, 3.05) is 10.2 Å². The second kappa shape index (κ2) is 7.67. The largest absolute Gasteiger partial charge is 0.375 e. The molecule has 2 amide bonds. The number of imide groups is 1. The topological polar surface area (TPSA) is 92.6 Å². The van der Waals surface area contributed by atoms with Gasteiger partial charge in [0.15, 0.2) is 0 Å². The van der Waals surface area contributed by atoms with Crippen molar-refractivity contribution in [3.8, 4) is 0 Å². The van der Waals surface area contributed by atoms with Crippen LogP contribution in [-0.2, 0) is 16.1 Å². The van der Waals surface area contributed by atoms with E-state index < -0.39 is 4.92 Å². The summed E-state index contributed by atoms with van der Waals surface area (Å²) in [4.78, 5) is 37.6. The van der Waals surface area contributed by atoms with Gasteiger partial charge in [0, 0.05) is 17.6 Å². The van der Waals surface area contributed by atoms with Crippen LogP contribution in [0.5, 0.6) is 0 Å². The molecule has 1 aliphatic heterocycles. The third-order valence-corrected chi connectivity index (χ3v) is 5.59. The van der Waals surface area contributed by atoms with E-state index in [0.29, 0.717) is 30.1 Å². The van der Waals surface area contributed by atoms with E-state index in [1.54, 1.807) is 18.2 Å². The van der Waals surface area contributed by atoms with Gasteiger partial charge in [0.1, 0.15) is 5.69 Å². The van der Waals surface area contributed by atoms with Gasteiger partial charge in [-0.15, -0.1) is 0 Å². The second-order valence-electron chi connectivity index (χ2n) is 7.11. The summed E-state index contributed by atoms with van der Waals surface area (Å²) in [5.41, 5.74) is 1.27. The third kappa shape index (κ3) is 3.61. The number of hydrogen-bond donors (Lipinski definition) is 1. The van der Waals surface area contributed by atoms with Crippen molar-refractivity contribution < 1.29 is 14.5 Å². The number of fused-ring (bicyclic) bond motifs is 1. The average Bonchev–Trinajstić information content (AvgIpc) is 2.98. The maximum Gasteiger partial charge on any atom is 0.294 e. The average molecular weight is 412 g/mol. The molecule has 2 aromatic carbocycles. The predicted molar refractivity (Wildman–Crippen MR) is 110 cm³/mol. The molecule has 0 radical (unpaired) electrons. The highest BCUT2D eigenvalue weighted by Crippen LogP contribution is 2.39. The molecule has 7 nitrogen and oxygen atoms in total. The lowest BCUT2D eigenvalue weighted by molar-refractivity contribution is -0.383. The zero-order valence-electron chi connectivity index (χ0n) is 15.4. The van der Waals surface area contributed by atoms with Crippen LogP contribution in [-0.4, -0.2) is 16.7 Å². The van der Waals surface area contributed by atoms with Crippen LogP contribution < -0.4 is 10.2 Å². The number of rotatable bonds is 5. The maximum absolute atomic E-state index is 12.7. The number of nitro benzene ring substituents is 1. The summed E-state index contributed by atoms with van der Waals surface area (Å²) in [6.45, 7) is 0.370. The van der Waals surface area contributed by atoms with Crippen molar-refractivity contribution in [2.24, 2.45) is 11.8 Å². The highest BCUT2D eigenvalue weighted by molar-refractivity contribution is 6.30. The predicted octanol–water partition coefficient (Wildman–Crippen LogP) is 4.32. The van der Waals surface area contributed by atoms with Gasteiger partial charge in [-0.05, 0) is 42.7 Å². The van der Waals surface area contributed by atoms with Crippen LogP contribution in [0.4, 0.5) is 17.1 Å². The molecule has 0 saturated carbocycles. The zero-order valence-corrected chi connectivity index (χ0v) is 16.1. The van der Waals surface area contributed by atoms with Crippen LogP contribution in [0, 0.1) is 22.0 Å². The first-order valence-electron chi connectivity index (χ1n) is 9.25. The Morgan fingerprint density at radius 2 is 1.66 bits per heavy atom. The molecule has 1 fully saturated rings. The van der Waals surface area contributed by atoms with E-state index in [1.807, 2.05) is 24.3 Å². The first-order valence-corrected chi connectivity index (χ1v) is 9.63. The van der Waals surface area contributed by atoms with Crippen LogP contribution in [0.3, 0.4) is 0 Å². The molecule has 0 unspecified atom stereocenters. The highest BCUT2D eigenvalue weighted by Gasteiger charge is 2.48. The van der Waals surface area contributed by atoms with Crippen molar-refractivity contribution in [1.82, 2.24) is 0 Å². The van der Waals surface area contributed by atoms with Gasteiger partial charge in [-0.25, -0.2) is 4.90 Å². The summed E-state index contributed by atoms with van der Waals surface area (Å²) in [5.74, 6) is -1.34. The molecule has 2 aliphatic rings. The minimum Gasteiger partial charge on any atom is -0.375 e. The van der Waals surface area contributed by atoms with Crippen LogP contribution in [0.15, 0.2) is 54.6 Å². The number of hydrogen-bond acceptors (Lipinski definition) is 5. The van der Waals surface area contributed by atoms with Crippen LogP contribution in [0.1, 0.15) is 18.4 Å². The number of carbonyl (C=O) groups excluding carboxylic acids is 2. The monoisotopic (exact) mass is 411 g/mol. The molecule has 2 aromatic rings. The fraction of sp³-hybridized carbons (Fsp3) is 0.238. The van der Waals surface area contributed by atoms with Gasteiger partial charge in [-0.1, -0.05) is 35.9 Å². The van der Waals surface area contributed by atoms with Gasteiger partial charge in [0.05, 0.1) is 22.4 Å². The molecule has 1 N–H and O–H groups in total. The molecule has 1 saturated heterocycles. The van der Waals surface area contributed by atoms with Crippen molar-refractivity contribution >= 4 is 40.5 Å². The summed E-state index contributed by atoms with van der Waals surface area (Å²) in [5, 5.41) is 15.3. The van der Waals surface area contributed by atoms with Crippen molar-refractivity contribution in [1.29, 1.82) is 0 Å². The molecular weight excluding hydrogens is 394 g/mol. The number of halogens is 1. The van der Waals surface area contributed by atoms with E-state index in [0.717, 1.165) is 10.5 Å². The van der Waals surface area contributed by atoms with Crippen molar-refractivity contribution in [2.45, 2.75) is 19.4 Å². The number of amides is 2. The molecule has 1 aliphatic carbocycles. The molecular formula is C21H18ClN3O4. The van der Waals surface area contributed by atoms with E-state index >= 15 is 0 Å². The number of nitro groups is 1. The molecule has 8 heteroatoms. The van der Waals surface area contributed by atoms with Gasteiger partial charge in [0.2, 0.25) is 11.8 Å².